The Morgan fingerprint density at radius 1 is 0.348 bits per heavy atom. The summed E-state index contributed by atoms with van der Waals surface area (Å²) in [4.78, 5) is 0. The van der Waals surface area contributed by atoms with Crippen LogP contribution < -0.4 is 9.05 Å². The highest BCUT2D eigenvalue weighted by atomic mass is 31.2. The second-order valence-electron chi connectivity index (χ2n) is 18.4. The number of rotatable bonds is 18. The number of hydrogen-bond acceptors (Lipinski definition) is 8. The van der Waals surface area contributed by atoms with Crippen molar-refractivity contribution in [2.45, 2.75) is 158 Å². The van der Waals surface area contributed by atoms with E-state index in [0.717, 1.165) is 126 Å². The molecule has 66 heavy (non-hydrogen) atoms. The molecule has 0 fully saturated rings. The van der Waals surface area contributed by atoms with E-state index in [2.05, 4.69) is 110 Å². The maximum atomic E-state index is 10.5. The van der Waals surface area contributed by atoms with Crippen molar-refractivity contribution in [2.75, 3.05) is 52.4 Å². The quantitative estimate of drug-likeness (QED) is 0.0956. The number of benzene rings is 4. The standard InChI is InChI=1S/C36H60N4O2P2.C20H22O2/c1-9-37(10-2)43(38(11-3)12-4)41-33-27-25-29-21-17-19-23-31(29)35(33)36-32-24-20-18-22-30(32)26-28-34(36)42-44(39(13-5)14-6)40(15-7)16-8;21-17-11-9-13-5-1-3-7-15(13)19(17)20-16-8-4-2-6-14(16)10-12-18(20)22/h25-28H,9-24H2,1-8H3;9-12,21-22H,1-8H2. The largest absolute Gasteiger partial charge is 0.507 e. The van der Waals surface area contributed by atoms with Crippen LogP contribution in [0.25, 0.3) is 22.3 Å². The van der Waals surface area contributed by atoms with E-state index in [1.165, 1.54) is 107 Å². The van der Waals surface area contributed by atoms with Gasteiger partial charge in [0.25, 0.3) is 0 Å². The lowest BCUT2D eigenvalue weighted by Gasteiger charge is -2.38. The maximum absolute atomic E-state index is 10.5. The molecule has 4 aromatic carbocycles. The fraction of sp³-hybridized carbons (Fsp3) is 0.571. The third-order valence-electron chi connectivity index (χ3n) is 14.8. The first-order valence-corrected chi connectivity index (χ1v) is 28.5. The van der Waals surface area contributed by atoms with Gasteiger partial charge in [-0.1, -0.05) is 79.7 Å². The molecule has 10 heteroatoms. The SMILES string of the molecule is CCN(CC)P(Oc1ccc2c(c1-c1c(OP(N(CC)CC)N(CC)CC)ccc3c1CCCC3)CCCC2)N(CC)CC.Oc1ccc2c(c1-c1c(O)ccc3c1CCCC3)CCCC2. The topological polar surface area (TPSA) is 71.9 Å². The van der Waals surface area contributed by atoms with E-state index >= 15 is 0 Å². The Bertz CT molecular complexity index is 2040. The highest BCUT2D eigenvalue weighted by Crippen LogP contribution is 2.55. The smallest absolute Gasteiger partial charge is 0.248 e. The van der Waals surface area contributed by atoms with Crippen molar-refractivity contribution in [2.24, 2.45) is 0 Å². The average Bonchev–Trinajstić information content (AvgIpc) is 3.36. The summed E-state index contributed by atoms with van der Waals surface area (Å²) in [6.45, 7) is 26.0. The van der Waals surface area contributed by atoms with Gasteiger partial charge in [0.1, 0.15) is 23.0 Å². The predicted molar refractivity (Wildman–Crippen MR) is 280 cm³/mol. The van der Waals surface area contributed by atoms with Gasteiger partial charge in [-0.25, -0.2) is 18.7 Å². The number of phenols is 2. The number of nitrogens with zero attached hydrogens (tertiary/aromatic N) is 4. The van der Waals surface area contributed by atoms with Gasteiger partial charge in [0.15, 0.2) is 0 Å². The van der Waals surface area contributed by atoms with Gasteiger partial charge in [0.05, 0.1) is 0 Å². The van der Waals surface area contributed by atoms with Crippen molar-refractivity contribution >= 4 is 16.9 Å². The van der Waals surface area contributed by atoms with Crippen LogP contribution >= 0.6 is 16.9 Å². The summed E-state index contributed by atoms with van der Waals surface area (Å²) < 4.78 is 24.7. The Balaban J connectivity index is 0.000000243. The molecule has 0 amide bonds. The number of phenolic OH excluding ortho intramolecular Hbond substituents is 2. The Hall–Kier alpha value is -3.22. The normalized spacial score (nSPS) is 15.7. The molecule has 0 saturated heterocycles. The van der Waals surface area contributed by atoms with Gasteiger partial charge in [-0.2, -0.15) is 0 Å². The molecule has 4 aromatic rings. The fourth-order valence-corrected chi connectivity index (χ4v) is 14.9. The molecule has 8 rings (SSSR count). The fourth-order valence-electron chi connectivity index (χ4n) is 11.1. The summed E-state index contributed by atoms with van der Waals surface area (Å²) >= 11 is 0. The number of hydrogen-bond donors (Lipinski definition) is 2. The van der Waals surface area contributed by atoms with Crippen molar-refractivity contribution < 1.29 is 19.3 Å². The predicted octanol–water partition coefficient (Wildman–Crippen LogP) is 14.2. The van der Waals surface area contributed by atoms with Crippen LogP contribution in [0.4, 0.5) is 0 Å². The van der Waals surface area contributed by atoms with E-state index in [0.29, 0.717) is 11.5 Å². The summed E-state index contributed by atoms with van der Waals surface area (Å²) in [5.74, 6) is 2.73. The Kier molecular flexibility index (Phi) is 18.7. The van der Waals surface area contributed by atoms with Crippen molar-refractivity contribution in [3.8, 4) is 45.3 Å². The van der Waals surface area contributed by atoms with Gasteiger partial charge in [0, 0.05) is 74.6 Å². The van der Waals surface area contributed by atoms with Crippen LogP contribution in [0.15, 0.2) is 48.5 Å². The van der Waals surface area contributed by atoms with E-state index < -0.39 is 16.9 Å². The summed E-state index contributed by atoms with van der Waals surface area (Å²) in [5.41, 5.74) is 15.6. The summed E-state index contributed by atoms with van der Waals surface area (Å²) in [5, 5.41) is 21.1. The van der Waals surface area contributed by atoms with Crippen molar-refractivity contribution in [1.29, 1.82) is 0 Å². The molecule has 4 aliphatic rings. The number of aryl methyl sites for hydroxylation is 4. The zero-order chi connectivity index (χ0) is 46.7. The first-order valence-electron chi connectivity index (χ1n) is 26.2. The molecule has 2 N–H and O–H groups in total. The van der Waals surface area contributed by atoms with Crippen LogP contribution in [0.1, 0.15) is 151 Å². The average molecular weight is 937 g/mol. The summed E-state index contributed by atoms with van der Waals surface area (Å²) in [7, 11) is -1.88. The molecule has 0 aromatic heterocycles. The van der Waals surface area contributed by atoms with Gasteiger partial charge in [-0.3, -0.25) is 0 Å². The Morgan fingerprint density at radius 3 is 0.864 bits per heavy atom. The molecule has 0 unspecified atom stereocenters. The van der Waals surface area contributed by atoms with Crippen LogP contribution in [-0.4, -0.2) is 81.3 Å². The van der Waals surface area contributed by atoms with Crippen LogP contribution in [0.2, 0.25) is 0 Å². The van der Waals surface area contributed by atoms with Crippen LogP contribution in [-0.2, 0) is 51.4 Å². The minimum atomic E-state index is -0.939. The maximum Gasteiger partial charge on any atom is 0.248 e. The van der Waals surface area contributed by atoms with E-state index in [1.54, 1.807) is 12.1 Å². The van der Waals surface area contributed by atoms with Gasteiger partial charge < -0.3 is 19.3 Å². The number of fused-ring (bicyclic) bond motifs is 4. The first kappa shape index (κ1) is 50.7. The highest BCUT2D eigenvalue weighted by Gasteiger charge is 2.33. The molecule has 0 heterocycles. The molecule has 0 spiro atoms. The van der Waals surface area contributed by atoms with Gasteiger partial charge in [-0.05, 0) is 172 Å². The third kappa shape index (κ3) is 11.0. The Labute approximate surface area is 402 Å². The summed E-state index contributed by atoms with van der Waals surface area (Å²) in [6, 6.07) is 17.1. The second-order valence-corrected chi connectivity index (χ2v) is 22.1. The van der Waals surface area contributed by atoms with Crippen LogP contribution in [0, 0.1) is 0 Å². The van der Waals surface area contributed by atoms with E-state index in [9.17, 15) is 10.2 Å². The van der Waals surface area contributed by atoms with E-state index in [4.69, 9.17) is 9.05 Å². The van der Waals surface area contributed by atoms with Crippen molar-refractivity contribution in [3.63, 3.8) is 0 Å². The van der Waals surface area contributed by atoms with Gasteiger partial charge in [-0.15, -0.1) is 0 Å². The van der Waals surface area contributed by atoms with Crippen LogP contribution in [0.5, 0.6) is 23.0 Å². The third-order valence-corrected chi connectivity index (χ3v) is 19.7. The number of aromatic hydroxyl groups is 2. The zero-order valence-corrected chi connectivity index (χ0v) is 43.8. The minimum absolute atomic E-state index is 0.315. The van der Waals surface area contributed by atoms with E-state index in [1.807, 2.05) is 0 Å². The molecule has 0 saturated carbocycles. The lowest BCUT2D eigenvalue weighted by atomic mass is 9.80. The van der Waals surface area contributed by atoms with Gasteiger partial charge in [0.2, 0.25) is 16.9 Å². The van der Waals surface area contributed by atoms with Gasteiger partial charge >= 0.3 is 0 Å². The van der Waals surface area contributed by atoms with Crippen molar-refractivity contribution in [3.05, 3.63) is 93.0 Å². The first-order chi connectivity index (χ1) is 32.2. The molecular weight excluding hydrogens is 855 g/mol. The molecule has 8 nitrogen and oxygen atoms in total. The second kappa shape index (κ2) is 24.4. The molecule has 0 aliphatic heterocycles. The van der Waals surface area contributed by atoms with Crippen molar-refractivity contribution in [1.82, 2.24) is 18.7 Å². The summed E-state index contributed by atoms with van der Waals surface area (Å²) in [6.07, 6.45) is 18.5. The molecule has 0 radical (unpaired) electrons. The molecule has 0 atom stereocenters. The molecule has 4 aliphatic carbocycles. The highest BCUT2D eigenvalue weighted by molar-refractivity contribution is 7.48. The molecule has 0 bridgehead atoms. The monoisotopic (exact) mass is 937 g/mol. The Morgan fingerprint density at radius 2 is 0.591 bits per heavy atom. The minimum Gasteiger partial charge on any atom is -0.507 e. The zero-order valence-electron chi connectivity index (χ0n) is 42.0. The van der Waals surface area contributed by atoms with E-state index in [-0.39, 0.29) is 0 Å². The lowest BCUT2D eigenvalue weighted by molar-refractivity contribution is 0.359. The lowest BCUT2D eigenvalue weighted by Crippen LogP contribution is -2.31. The molecule has 360 valence electrons. The van der Waals surface area contributed by atoms with Crippen LogP contribution in [0.3, 0.4) is 0 Å². The molecular formula is C56H82N4O4P2.